The number of aromatic nitrogens is 1. The first-order valence-electron chi connectivity index (χ1n) is 8.59. The zero-order chi connectivity index (χ0) is 18.3. The van der Waals surface area contributed by atoms with Crippen molar-refractivity contribution in [3.05, 3.63) is 54.1 Å². The number of rotatable bonds is 3. The molecule has 4 nitrogen and oxygen atoms in total. The maximum absolute atomic E-state index is 13.7. The fourth-order valence-corrected chi connectivity index (χ4v) is 3.56. The highest BCUT2D eigenvalue weighted by molar-refractivity contribution is 5.94. The smallest absolute Gasteiger partial charge is 0.431 e. The van der Waals surface area contributed by atoms with Gasteiger partial charge in [-0.3, -0.25) is 0 Å². The molecule has 0 atom stereocenters. The van der Waals surface area contributed by atoms with Gasteiger partial charge in [-0.05, 0) is 37.4 Å². The molecule has 1 aliphatic rings. The van der Waals surface area contributed by atoms with Gasteiger partial charge in [0.25, 0.3) is 0 Å². The minimum Gasteiger partial charge on any atom is -0.467 e. The summed E-state index contributed by atoms with van der Waals surface area (Å²) in [6, 6.07) is 10.1. The molecule has 0 N–H and O–H groups in total. The van der Waals surface area contributed by atoms with Gasteiger partial charge in [0.1, 0.15) is 11.5 Å². The number of furan rings is 1. The van der Waals surface area contributed by atoms with E-state index in [1.807, 2.05) is 12.1 Å². The molecule has 0 radical (unpaired) electrons. The highest BCUT2D eigenvalue weighted by Gasteiger charge is 2.36. The number of fused-ring (bicyclic) bond motifs is 1. The number of piperazine rings is 1. The lowest BCUT2D eigenvalue weighted by molar-refractivity contribution is -0.143. The van der Waals surface area contributed by atoms with E-state index in [9.17, 15) is 13.2 Å². The molecule has 0 amide bonds. The third-order valence-corrected chi connectivity index (χ3v) is 4.95. The zero-order valence-electron chi connectivity index (χ0n) is 14.5. The Hall–Kier alpha value is -2.41. The lowest BCUT2D eigenvalue weighted by Gasteiger charge is -2.34. The highest BCUT2D eigenvalue weighted by Crippen LogP contribution is 2.38. The molecule has 0 saturated carbocycles. The summed E-state index contributed by atoms with van der Waals surface area (Å²) in [4.78, 5) is 4.39. The first-order chi connectivity index (χ1) is 12.4. The second kappa shape index (κ2) is 6.39. The molecule has 1 aliphatic heterocycles. The fraction of sp³-hybridized carbons (Fsp3) is 0.368. The summed E-state index contributed by atoms with van der Waals surface area (Å²) in [7, 11) is 2.06. The molecule has 0 aliphatic carbocycles. The van der Waals surface area contributed by atoms with Crippen LogP contribution in [-0.4, -0.2) is 42.7 Å². The maximum atomic E-state index is 13.7. The van der Waals surface area contributed by atoms with Crippen LogP contribution in [-0.2, 0) is 12.7 Å². The van der Waals surface area contributed by atoms with Gasteiger partial charge in [0.15, 0.2) is 0 Å². The van der Waals surface area contributed by atoms with E-state index in [-0.39, 0.29) is 6.54 Å². The van der Waals surface area contributed by atoms with Crippen LogP contribution < -0.4 is 4.90 Å². The van der Waals surface area contributed by atoms with Crippen LogP contribution >= 0.6 is 0 Å². The van der Waals surface area contributed by atoms with E-state index in [1.54, 1.807) is 18.2 Å². The van der Waals surface area contributed by atoms with Crippen molar-refractivity contribution in [3.63, 3.8) is 0 Å². The number of anilines is 1. The van der Waals surface area contributed by atoms with Gasteiger partial charge in [-0.2, -0.15) is 13.2 Å². The van der Waals surface area contributed by atoms with Crippen LogP contribution in [0.2, 0.25) is 0 Å². The minimum absolute atomic E-state index is 0.0531. The van der Waals surface area contributed by atoms with Gasteiger partial charge in [0.05, 0.1) is 18.3 Å². The average molecular weight is 363 g/mol. The summed E-state index contributed by atoms with van der Waals surface area (Å²) in [6.07, 6.45) is -2.95. The van der Waals surface area contributed by atoms with Crippen LogP contribution in [0.1, 0.15) is 11.5 Å². The lowest BCUT2D eigenvalue weighted by atomic mass is 10.1. The first kappa shape index (κ1) is 17.0. The van der Waals surface area contributed by atoms with E-state index in [1.165, 1.54) is 16.9 Å². The summed E-state index contributed by atoms with van der Waals surface area (Å²) in [5.41, 5.74) is 0.787. The summed E-state index contributed by atoms with van der Waals surface area (Å²) in [5.74, 6) is 0.498. The maximum Gasteiger partial charge on any atom is 0.431 e. The quantitative estimate of drug-likeness (QED) is 0.702. The van der Waals surface area contributed by atoms with Gasteiger partial charge in [-0.1, -0.05) is 6.07 Å². The third-order valence-electron chi connectivity index (χ3n) is 4.95. The number of hydrogen-bond acceptors (Lipinski definition) is 3. The van der Waals surface area contributed by atoms with Crippen molar-refractivity contribution >= 4 is 16.6 Å². The molecule has 138 valence electrons. The molecule has 7 heteroatoms. The van der Waals surface area contributed by atoms with Crippen molar-refractivity contribution in [1.82, 2.24) is 9.47 Å². The number of likely N-dealkylation sites (N-methyl/N-ethyl adjacent to an activating group) is 1. The van der Waals surface area contributed by atoms with Gasteiger partial charge in [-0.25, -0.2) is 0 Å². The van der Waals surface area contributed by atoms with Crippen LogP contribution in [0.3, 0.4) is 0 Å². The Kier molecular flexibility index (Phi) is 4.19. The second-order valence-corrected chi connectivity index (χ2v) is 6.69. The van der Waals surface area contributed by atoms with Crippen LogP contribution in [0.15, 0.2) is 47.1 Å². The molecule has 0 spiro atoms. The number of alkyl halides is 3. The van der Waals surface area contributed by atoms with Gasteiger partial charge < -0.3 is 18.8 Å². The van der Waals surface area contributed by atoms with Gasteiger partial charge in [0.2, 0.25) is 0 Å². The van der Waals surface area contributed by atoms with Crippen molar-refractivity contribution in [3.8, 4) is 0 Å². The second-order valence-electron chi connectivity index (χ2n) is 6.69. The van der Waals surface area contributed by atoms with Crippen molar-refractivity contribution in [2.45, 2.75) is 12.7 Å². The highest BCUT2D eigenvalue weighted by atomic mass is 19.4. The topological polar surface area (TPSA) is 24.6 Å². The van der Waals surface area contributed by atoms with E-state index in [0.29, 0.717) is 16.7 Å². The van der Waals surface area contributed by atoms with Crippen molar-refractivity contribution in [1.29, 1.82) is 0 Å². The zero-order valence-corrected chi connectivity index (χ0v) is 14.5. The number of nitrogens with zero attached hydrogens (tertiary/aromatic N) is 3. The molecule has 2 aromatic heterocycles. The van der Waals surface area contributed by atoms with Crippen LogP contribution in [0.25, 0.3) is 10.9 Å². The predicted octanol–water partition coefficient (Wildman–Crippen LogP) is 4.05. The van der Waals surface area contributed by atoms with Crippen LogP contribution in [0.4, 0.5) is 18.9 Å². The SMILES string of the molecule is CN1CCN(c2cccc3c2cc(C(F)(F)F)n3Cc2ccco2)CC1. The van der Waals surface area contributed by atoms with Gasteiger partial charge >= 0.3 is 6.18 Å². The van der Waals surface area contributed by atoms with E-state index < -0.39 is 11.9 Å². The Labute approximate surface area is 149 Å². The monoisotopic (exact) mass is 363 g/mol. The molecular weight excluding hydrogens is 343 g/mol. The minimum atomic E-state index is -4.43. The third kappa shape index (κ3) is 3.07. The molecule has 1 aromatic carbocycles. The van der Waals surface area contributed by atoms with Crippen LogP contribution in [0, 0.1) is 0 Å². The number of benzene rings is 1. The Morgan fingerprint density at radius 2 is 1.81 bits per heavy atom. The predicted molar refractivity (Wildman–Crippen MR) is 94.5 cm³/mol. The molecule has 1 saturated heterocycles. The molecule has 0 bridgehead atoms. The van der Waals surface area contributed by atoms with E-state index in [2.05, 4.69) is 16.8 Å². The molecule has 1 fully saturated rings. The summed E-state index contributed by atoms with van der Waals surface area (Å²) < 4.78 is 47.6. The van der Waals surface area contributed by atoms with Crippen molar-refractivity contribution in [2.24, 2.45) is 0 Å². The Balaban J connectivity index is 1.83. The average Bonchev–Trinajstić information content (AvgIpc) is 3.24. The van der Waals surface area contributed by atoms with Crippen LogP contribution in [0.5, 0.6) is 0 Å². The standard InChI is InChI=1S/C19H20F3N3O/c1-23-7-9-24(10-8-23)16-5-2-6-17-15(16)12-18(19(20,21)22)25(17)13-14-4-3-11-26-14/h2-6,11-12H,7-10,13H2,1H3. The first-order valence-corrected chi connectivity index (χ1v) is 8.59. The Morgan fingerprint density at radius 3 is 2.46 bits per heavy atom. The molecule has 3 aromatic rings. The summed E-state index contributed by atoms with van der Waals surface area (Å²) in [6.45, 7) is 3.46. The normalized spacial score (nSPS) is 16.5. The number of hydrogen-bond donors (Lipinski definition) is 0. The van der Waals surface area contributed by atoms with Gasteiger partial charge in [0, 0.05) is 37.3 Å². The van der Waals surface area contributed by atoms with Crippen molar-refractivity contribution < 1.29 is 17.6 Å². The summed E-state index contributed by atoms with van der Waals surface area (Å²) >= 11 is 0. The van der Waals surface area contributed by atoms with E-state index >= 15 is 0 Å². The summed E-state index contributed by atoms with van der Waals surface area (Å²) in [5, 5.41) is 0.635. The molecule has 26 heavy (non-hydrogen) atoms. The Bertz CT molecular complexity index is 891. The number of halogens is 3. The van der Waals surface area contributed by atoms with Gasteiger partial charge in [-0.15, -0.1) is 0 Å². The lowest BCUT2D eigenvalue weighted by Crippen LogP contribution is -2.44. The molecule has 0 unspecified atom stereocenters. The van der Waals surface area contributed by atoms with E-state index in [0.717, 1.165) is 31.9 Å². The molecule has 4 rings (SSSR count). The fourth-order valence-electron chi connectivity index (χ4n) is 3.56. The Morgan fingerprint density at radius 1 is 1.04 bits per heavy atom. The molecular formula is C19H20F3N3O. The van der Waals surface area contributed by atoms with Crippen molar-refractivity contribution in [2.75, 3.05) is 38.1 Å². The molecule has 3 heterocycles. The van der Waals surface area contributed by atoms with E-state index in [4.69, 9.17) is 4.42 Å². The largest absolute Gasteiger partial charge is 0.467 e.